The second kappa shape index (κ2) is 5.58. The second-order valence-electron chi connectivity index (χ2n) is 4.23. The van der Waals surface area contributed by atoms with E-state index in [1.54, 1.807) is 0 Å². The van der Waals surface area contributed by atoms with Gasteiger partial charge < -0.3 is 10.0 Å². The first-order valence-electron chi connectivity index (χ1n) is 5.58. The molecule has 1 aliphatic heterocycles. The van der Waals surface area contributed by atoms with Crippen molar-refractivity contribution < 1.29 is 32.3 Å². The summed E-state index contributed by atoms with van der Waals surface area (Å²) >= 11 is 0. The van der Waals surface area contributed by atoms with Crippen LogP contribution in [0.5, 0.6) is 0 Å². The van der Waals surface area contributed by atoms with Crippen LogP contribution in [0.1, 0.15) is 19.3 Å². The number of hydrogen-bond acceptors (Lipinski definition) is 2. The van der Waals surface area contributed by atoms with E-state index < -0.39 is 43.1 Å². The molecular formula is C11H13F4NO3. The van der Waals surface area contributed by atoms with E-state index in [0.29, 0.717) is 4.90 Å². The van der Waals surface area contributed by atoms with Gasteiger partial charge in [0, 0.05) is 13.0 Å². The van der Waals surface area contributed by atoms with Crippen molar-refractivity contribution in [1.29, 1.82) is 0 Å². The first kappa shape index (κ1) is 15.5. The molecule has 0 saturated heterocycles. The van der Waals surface area contributed by atoms with E-state index >= 15 is 0 Å². The fourth-order valence-electron chi connectivity index (χ4n) is 1.59. The number of rotatable bonds is 3. The zero-order chi connectivity index (χ0) is 14.7. The van der Waals surface area contributed by atoms with Crippen LogP contribution in [0.2, 0.25) is 0 Å². The Kier molecular flexibility index (Phi) is 4.54. The summed E-state index contributed by atoms with van der Waals surface area (Å²) in [5.74, 6) is -10.8. The van der Waals surface area contributed by atoms with Crippen molar-refractivity contribution in [3.63, 3.8) is 0 Å². The highest BCUT2D eigenvalue weighted by molar-refractivity contribution is 5.80. The number of carbonyl (C=O) groups is 2. The van der Waals surface area contributed by atoms with E-state index in [4.69, 9.17) is 5.11 Å². The molecule has 0 fully saturated rings. The first-order chi connectivity index (χ1) is 8.66. The molecule has 0 atom stereocenters. The minimum absolute atomic E-state index is 0.0183. The molecule has 0 aromatic heterocycles. The van der Waals surface area contributed by atoms with Crippen LogP contribution in [-0.4, -0.2) is 46.8 Å². The Hall–Kier alpha value is -1.60. The summed E-state index contributed by atoms with van der Waals surface area (Å²) < 4.78 is 52.9. The maximum atomic E-state index is 13.3. The molecule has 8 heteroatoms. The Morgan fingerprint density at radius 2 is 1.84 bits per heavy atom. The number of nitrogens with zero attached hydrogens (tertiary/aromatic N) is 1. The highest BCUT2D eigenvalue weighted by Crippen LogP contribution is 2.37. The largest absolute Gasteiger partial charge is 0.481 e. The smallest absolute Gasteiger partial charge is 0.331 e. The lowest BCUT2D eigenvalue weighted by Gasteiger charge is -2.32. The number of allylic oxidation sites excluding steroid dienone is 1. The van der Waals surface area contributed by atoms with Gasteiger partial charge in [0.05, 0.1) is 13.0 Å². The number of carboxylic acid groups (broad SMARTS) is 1. The molecule has 1 rings (SSSR count). The number of amides is 1. The van der Waals surface area contributed by atoms with Crippen LogP contribution in [0.15, 0.2) is 12.2 Å². The van der Waals surface area contributed by atoms with Gasteiger partial charge in [-0.3, -0.25) is 9.59 Å². The molecule has 1 N–H and O–H groups in total. The third-order valence-electron chi connectivity index (χ3n) is 2.68. The predicted molar refractivity (Wildman–Crippen MR) is 57.1 cm³/mol. The Morgan fingerprint density at radius 3 is 2.42 bits per heavy atom. The number of hydrogen-bond donors (Lipinski definition) is 1. The van der Waals surface area contributed by atoms with Crippen LogP contribution in [0, 0.1) is 0 Å². The van der Waals surface area contributed by atoms with E-state index in [0.717, 1.165) is 6.08 Å². The van der Waals surface area contributed by atoms with Gasteiger partial charge in [0.25, 0.3) is 0 Å². The third kappa shape index (κ3) is 3.93. The monoisotopic (exact) mass is 283 g/mol. The fourth-order valence-corrected chi connectivity index (χ4v) is 1.59. The molecule has 4 nitrogen and oxygen atoms in total. The normalized spacial score (nSPS) is 23.3. The summed E-state index contributed by atoms with van der Waals surface area (Å²) in [7, 11) is 0. The molecule has 0 aromatic rings. The lowest BCUT2D eigenvalue weighted by Crippen LogP contribution is -2.51. The Labute approximate surface area is 106 Å². The van der Waals surface area contributed by atoms with Gasteiger partial charge in [0.1, 0.15) is 0 Å². The molecule has 0 aliphatic carbocycles. The molecule has 0 unspecified atom stereocenters. The van der Waals surface area contributed by atoms with Gasteiger partial charge in [-0.2, -0.15) is 17.6 Å². The number of carbonyl (C=O) groups excluding carboxylic acids is 1. The molecule has 0 spiro atoms. The minimum Gasteiger partial charge on any atom is -0.481 e. The summed E-state index contributed by atoms with van der Waals surface area (Å²) in [5.41, 5.74) is 0. The number of alkyl halides is 4. The van der Waals surface area contributed by atoms with Gasteiger partial charge in [-0.15, -0.1) is 0 Å². The van der Waals surface area contributed by atoms with Gasteiger partial charge >= 0.3 is 17.8 Å². The summed E-state index contributed by atoms with van der Waals surface area (Å²) in [6.07, 6.45) is 0.0505. The van der Waals surface area contributed by atoms with Crippen molar-refractivity contribution in [3.8, 4) is 0 Å². The standard InChI is InChI=1S/C11H13F4NO3/c12-10(13)5-1-2-6-16(7-11(10,14)15)8(17)3-4-9(18)19/h1,5H,2-4,6-7H2,(H,18,19)/b5-1-. The van der Waals surface area contributed by atoms with Crippen LogP contribution in [0.3, 0.4) is 0 Å². The van der Waals surface area contributed by atoms with E-state index in [2.05, 4.69) is 0 Å². The van der Waals surface area contributed by atoms with Crippen LogP contribution in [-0.2, 0) is 9.59 Å². The van der Waals surface area contributed by atoms with Crippen molar-refractivity contribution in [2.24, 2.45) is 0 Å². The molecule has 108 valence electrons. The van der Waals surface area contributed by atoms with E-state index in [9.17, 15) is 27.2 Å². The fraction of sp³-hybridized carbons (Fsp3) is 0.636. The molecule has 0 aromatic carbocycles. The zero-order valence-corrected chi connectivity index (χ0v) is 9.91. The van der Waals surface area contributed by atoms with Gasteiger partial charge in [0.2, 0.25) is 5.91 Å². The van der Waals surface area contributed by atoms with E-state index in [-0.39, 0.29) is 19.0 Å². The number of halogens is 4. The van der Waals surface area contributed by atoms with Crippen molar-refractivity contribution in [3.05, 3.63) is 12.2 Å². The maximum absolute atomic E-state index is 13.3. The molecular weight excluding hydrogens is 270 g/mol. The average Bonchev–Trinajstić information content (AvgIpc) is 2.28. The van der Waals surface area contributed by atoms with Crippen molar-refractivity contribution in [1.82, 2.24) is 4.90 Å². The van der Waals surface area contributed by atoms with Gasteiger partial charge in [-0.25, -0.2) is 0 Å². The van der Waals surface area contributed by atoms with Crippen molar-refractivity contribution >= 4 is 11.9 Å². The Morgan fingerprint density at radius 1 is 1.21 bits per heavy atom. The first-order valence-corrected chi connectivity index (χ1v) is 5.58. The summed E-state index contributed by atoms with van der Waals surface area (Å²) in [6, 6.07) is 0. The molecule has 0 saturated carbocycles. The molecule has 0 radical (unpaired) electrons. The molecule has 19 heavy (non-hydrogen) atoms. The van der Waals surface area contributed by atoms with Crippen LogP contribution < -0.4 is 0 Å². The van der Waals surface area contributed by atoms with Crippen molar-refractivity contribution in [2.45, 2.75) is 31.1 Å². The zero-order valence-electron chi connectivity index (χ0n) is 9.91. The van der Waals surface area contributed by atoms with Gasteiger partial charge in [-0.05, 0) is 12.5 Å². The van der Waals surface area contributed by atoms with Crippen LogP contribution in [0.4, 0.5) is 17.6 Å². The molecule has 1 amide bonds. The lowest BCUT2D eigenvalue weighted by molar-refractivity contribution is -0.192. The highest BCUT2D eigenvalue weighted by atomic mass is 19.3. The van der Waals surface area contributed by atoms with E-state index in [1.807, 2.05) is 0 Å². The third-order valence-corrected chi connectivity index (χ3v) is 2.68. The summed E-state index contributed by atoms with van der Waals surface area (Å²) in [4.78, 5) is 22.4. The lowest BCUT2D eigenvalue weighted by atomic mass is 10.1. The highest BCUT2D eigenvalue weighted by Gasteiger charge is 2.55. The molecule has 1 aliphatic rings. The molecule has 0 bridgehead atoms. The average molecular weight is 283 g/mol. The van der Waals surface area contributed by atoms with Crippen LogP contribution in [0.25, 0.3) is 0 Å². The Bertz CT molecular complexity index is 395. The topological polar surface area (TPSA) is 57.6 Å². The Balaban J connectivity index is 2.78. The quantitative estimate of drug-likeness (QED) is 0.636. The predicted octanol–water partition coefficient (Wildman–Crippen LogP) is 1.91. The maximum Gasteiger partial charge on any atom is 0.331 e. The number of carboxylic acids is 1. The second-order valence-corrected chi connectivity index (χ2v) is 4.23. The van der Waals surface area contributed by atoms with Gasteiger partial charge in [0.15, 0.2) is 0 Å². The van der Waals surface area contributed by atoms with Crippen LogP contribution >= 0.6 is 0 Å². The SMILES string of the molecule is O=C(O)CCC(=O)N1CC/C=C\C(F)(F)C(F)(F)C1. The summed E-state index contributed by atoms with van der Waals surface area (Å²) in [6.45, 7) is -1.55. The van der Waals surface area contributed by atoms with Crippen molar-refractivity contribution in [2.75, 3.05) is 13.1 Å². The van der Waals surface area contributed by atoms with Gasteiger partial charge in [-0.1, -0.05) is 6.08 Å². The molecule has 1 heterocycles. The minimum atomic E-state index is -4.37. The summed E-state index contributed by atoms with van der Waals surface area (Å²) in [5, 5.41) is 8.40. The van der Waals surface area contributed by atoms with E-state index in [1.165, 1.54) is 0 Å². The number of aliphatic carboxylic acids is 1.